The van der Waals surface area contributed by atoms with Gasteiger partial charge in [0.1, 0.15) is 0 Å². The summed E-state index contributed by atoms with van der Waals surface area (Å²) in [5.74, 6) is 0.404. The molecule has 0 radical (unpaired) electrons. The van der Waals surface area contributed by atoms with Gasteiger partial charge in [0.2, 0.25) is 0 Å². The molecular formula is C11H21N3O3S. The van der Waals surface area contributed by atoms with Gasteiger partial charge in [-0.05, 0) is 26.2 Å². The summed E-state index contributed by atoms with van der Waals surface area (Å²) in [4.78, 5) is 0. The Kier molecular flexibility index (Phi) is 4.89. The number of hydrogen-bond acceptors (Lipinski definition) is 4. The third-order valence-electron chi connectivity index (χ3n) is 2.63. The zero-order chi connectivity index (χ0) is 13.9. The van der Waals surface area contributed by atoms with Crippen LogP contribution in [-0.2, 0) is 16.6 Å². The van der Waals surface area contributed by atoms with Gasteiger partial charge in [-0.1, -0.05) is 13.8 Å². The van der Waals surface area contributed by atoms with E-state index < -0.39 is 10.0 Å². The molecule has 0 bridgehead atoms. The smallest absolute Gasteiger partial charge is 0.260 e. The summed E-state index contributed by atoms with van der Waals surface area (Å²) in [7, 11) is -3.68. The Morgan fingerprint density at radius 3 is 2.50 bits per heavy atom. The first-order valence-electron chi connectivity index (χ1n) is 5.95. The molecule has 0 aliphatic heterocycles. The molecule has 0 amide bonds. The van der Waals surface area contributed by atoms with Crippen LogP contribution in [0.2, 0.25) is 0 Å². The molecule has 7 heteroatoms. The first-order valence-corrected chi connectivity index (χ1v) is 7.43. The quantitative estimate of drug-likeness (QED) is 0.719. The van der Waals surface area contributed by atoms with Crippen molar-refractivity contribution in [2.24, 2.45) is 5.92 Å². The molecule has 1 aromatic heterocycles. The molecule has 0 aliphatic rings. The number of aliphatic hydroxyl groups is 1. The van der Waals surface area contributed by atoms with Crippen LogP contribution in [0.4, 0.5) is 0 Å². The molecule has 1 atom stereocenters. The molecule has 0 aliphatic carbocycles. The number of aliphatic hydroxyl groups excluding tert-OH is 1. The first-order chi connectivity index (χ1) is 8.27. The summed E-state index contributed by atoms with van der Waals surface area (Å²) in [6, 6.07) is -0.168. The van der Waals surface area contributed by atoms with Crippen molar-refractivity contribution >= 4 is 10.0 Å². The van der Waals surface area contributed by atoms with E-state index in [4.69, 9.17) is 0 Å². The van der Waals surface area contributed by atoms with Crippen LogP contribution in [-0.4, -0.2) is 29.8 Å². The Morgan fingerprint density at radius 2 is 2.00 bits per heavy atom. The minimum atomic E-state index is -3.68. The van der Waals surface area contributed by atoms with Crippen molar-refractivity contribution in [1.82, 2.24) is 14.9 Å². The number of aryl methyl sites for hydroxylation is 1. The standard InChI is InChI=1S/C11H21N3O3S/c1-7(2)5-8(3)14-18(16,17)11-10(6-15)9(4)12-13-11/h7-8,14-15H,5-6H2,1-4H3,(H,12,13). The summed E-state index contributed by atoms with van der Waals surface area (Å²) >= 11 is 0. The van der Waals surface area contributed by atoms with Gasteiger partial charge < -0.3 is 5.11 Å². The molecule has 0 saturated carbocycles. The second-order valence-corrected chi connectivity index (χ2v) is 6.57. The van der Waals surface area contributed by atoms with Gasteiger partial charge in [-0.25, -0.2) is 13.1 Å². The number of hydrogen-bond donors (Lipinski definition) is 3. The van der Waals surface area contributed by atoms with Gasteiger partial charge in [-0.2, -0.15) is 5.10 Å². The largest absolute Gasteiger partial charge is 0.392 e. The third kappa shape index (κ3) is 3.54. The molecule has 18 heavy (non-hydrogen) atoms. The van der Waals surface area contributed by atoms with Crippen LogP contribution in [0.1, 0.15) is 38.4 Å². The predicted octanol–water partition coefficient (Wildman–Crippen LogP) is 0.923. The third-order valence-corrected chi connectivity index (χ3v) is 4.19. The second kappa shape index (κ2) is 5.81. The minimum Gasteiger partial charge on any atom is -0.392 e. The summed E-state index contributed by atoms with van der Waals surface area (Å²) < 4.78 is 26.8. The Morgan fingerprint density at radius 1 is 1.39 bits per heavy atom. The number of sulfonamides is 1. The maximum Gasteiger partial charge on any atom is 0.260 e. The van der Waals surface area contributed by atoms with Gasteiger partial charge in [0.15, 0.2) is 5.03 Å². The molecule has 0 saturated heterocycles. The average molecular weight is 275 g/mol. The highest BCUT2D eigenvalue weighted by atomic mass is 32.2. The van der Waals surface area contributed by atoms with Crippen LogP contribution in [0.25, 0.3) is 0 Å². The molecule has 1 aromatic rings. The summed E-state index contributed by atoms with van der Waals surface area (Å²) in [6.07, 6.45) is 0.747. The van der Waals surface area contributed by atoms with Crippen LogP contribution in [0.15, 0.2) is 5.03 Å². The van der Waals surface area contributed by atoms with E-state index in [-0.39, 0.29) is 17.7 Å². The summed E-state index contributed by atoms with van der Waals surface area (Å²) in [5.41, 5.74) is 0.883. The maximum atomic E-state index is 12.1. The molecule has 104 valence electrons. The van der Waals surface area contributed by atoms with E-state index in [1.165, 1.54) is 0 Å². The molecule has 6 nitrogen and oxygen atoms in total. The fourth-order valence-corrected chi connectivity index (χ4v) is 3.36. The van der Waals surface area contributed by atoms with E-state index >= 15 is 0 Å². The van der Waals surface area contributed by atoms with Gasteiger partial charge in [0.05, 0.1) is 6.61 Å². The van der Waals surface area contributed by atoms with Crippen molar-refractivity contribution in [2.45, 2.75) is 51.8 Å². The topological polar surface area (TPSA) is 95.1 Å². The van der Waals surface area contributed by atoms with Crippen molar-refractivity contribution in [3.63, 3.8) is 0 Å². The fourth-order valence-electron chi connectivity index (χ4n) is 1.91. The van der Waals surface area contributed by atoms with Crippen molar-refractivity contribution in [3.8, 4) is 0 Å². The SMILES string of the molecule is Cc1[nH]nc(S(=O)(=O)NC(C)CC(C)C)c1CO. The van der Waals surface area contributed by atoms with E-state index in [2.05, 4.69) is 14.9 Å². The van der Waals surface area contributed by atoms with E-state index in [1.54, 1.807) is 6.92 Å². The lowest BCUT2D eigenvalue weighted by atomic mass is 10.1. The fraction of sp³-hybridized carbons (Fsp3) is 0.727. The van der Waals surface area contributed by atoms with Gasteiger partial charge in [0, 0.05) is 17.3 Å². The minimum absolute atomic E-state index is 0.113. The van der Waals surface area contributed by atoms with Crippen molar-refractivity contribution in [3.05, 3.63) is 11.3 Å². The molecule has 0 spiro atoms. The van der Waals surface area contributed by atoms with Gasteiger partial charge in [-0.3, -0.25) is 5.10 Å². The number of H-pyrrole nitrogens is 1. The lowest BCUT2D eigenvalue weighted by Gasteiger charge is -2.15. The van der Waals surface area contributed by atoms with E-state index in [0.717, 1.165) is 6.42 Å². The van der Waals surface area contributed by atoms with E-state index in [9.17, 15) is 13.5 Å². The molecule has 0 aromatic carbocycles. The van der Waals surface area contributed by atoms with Crippen LogP contribution in [0.3, 0.4) is 0 Å². The van der Waals surface area contributed by atoms with Gasteiger partial charge in [0.25, 0.3) is 10.0 Å². The number of nitrogens with one attached hydrogen (secondary N) is 2. The number of aromatic nitrogens is 2. The molecule has 3 N–H and O–H groups in total. The van der Waals surface area contributed by atoms with Crippen molar-refractivity contribution in [2.75, 3.05) is 0 Å². The van der Waals surface area contributed by atoms with Crippen LogP contribution in [0, 0.1) is 12.8 Å². The van der Waals surface area contributed by atoms with E-state index in [1.807, 2.05) is 20.8 Å². The Labute approximate surface area is 108 Å². The molecular weight excluding hydrogens is 254 g/mol. The summed E-state index contributed by atoms with van der Waals surface area (Å²) in [6.45, 7) is 7.20. The average Bonchev–Trinajstić information content (AvgIpc) is 2.57. The highest BCUT2D eigenvalue weighted by molar-refractivity contribution is 7.89. The molecule has 1 heterocycles. The molecule has 1 rings (SSSR count). The molecule has 1 unspecified atom stereocenters. The van der Waals surface area contributed by atoms with Gasteiger partial charge in [-0.15, -0.1) is 0 Å². The number of rotatable bonds is 6. The number of aromatic amines is 1. The Hall–Kier alpha value is -0.920. The van der Waals surface area contributed by atoms with Crippen LogP contribution in [0.5, 0.6) is 0 Å². The Bertz CT molecular complexity index is 494. The monoisotopic (exact) mass is 275 g/mol. The van der Waals surface area contributed by atoms with Crippen molar-refractivity contribution < 1.29 is 13.5 Å². The lowest BCUT2D eigenvalue weighted by molar-refractivity contribution is 0.277. The van der Waals surface area contributed by atoms with E-state index in [0.29, 0.717) is 17.2 Å². The maximum absolute atomic E-state index is 12.1. The van der Waals surface area contributed by atoms with Crippen molar-refractivity contribution in [1.29, 1.82) is 0 Å². The number of nitrogens with zero attached hydrogens (tertiary/aromatic N) is 1. The predicted molar refractivity (Wildman–Crippen MR) is 68.5 cm³/mol. The summed E-state index contributed by atoms with van der Waals surface area (Å²) in [5, 5.41) is 15.4. The van der Waals surface area contributed by atoms with Gasteiger partial charge >= 0.3 is 0 Å². The van der Waals surface area contributed by atoms with Crippen LogP contribution < -0.4 is 4.72 Å². The zero-order valence-corrected chi connectivity index (χ0v) is 12.0. The molecule has 0 fully saturated rings. The van der Waals surface area contributed by atoms with Crippen LogP contribution >= 0.6 is 0 Å². The highest BCUT2D eigenvalue weighted by Crippen LogP contribution is 2.17. The lowest BCUT2D eigenvalue weighted by Crippen LogP contribution is -2.34. The highest BCUT2D eigenvalue weighted by Gasteiger charge is 2.25. The first kappa shape index (κ1) is 15.1. The Balaban J connectivity index is 2.93. The second-order valence-electron chi connectivity index (χ2n) is 4.94. The zero-order valence-electron chi connectivity index (χ0n) is 11.2. The normalized spacial score (nSPS) is 14.1.